The molecule has 0 spiro atoms. The molecule has 0 bridgehead atoms. The summed E-state index contributed by atoms with van der Waals surface area (Å²) in [6.07, 6.45) is 2.00. The predicted octanol–water partition coefficient (Wildman–Crippen LogP) is 1.93. The number of rotatable bonds is 5. The van der Waals surface area contributed by atoms with Crippen molar-refractivity contribution in [3.8, 4) is 0 Å². The highest BCUT2D eigenvalue weighted by molar-refractivity contribution is 4.65. The highest BCUT2D eigenvalue weighted by Crippen LogP contribution is 2.13. The summed E-state index contributed by atoms with van der Waals surface area (Å²) in [5, 5.41) is 0. The maximum absolute atomic E-state index is 5.61. The highest BCUT2D eigenvalue weighted by atomic mass is 16.5. The minimum Gasteiger partial charge on any atom is -0.376 e. The molecule has 0 aliphatic carbocycles. The zero-order valence-electron chi connectivity index (χ0n) is 8.18. The van der Waals surface area contributed by atoms with Crippen LogP contribution < -0.4 is 5.73 Å². The van der Waals surface area contributed by atoms with E-state index in [1.807, 2.05) is 6.92 Å². The van der Waals surface area contributed by atoms with Crippen molar-refractivity contribution in [3.05, 3.63) is 0 Å². The van der Waals surface area contributed by atoms with Crippen LogP contribution in [0.15, 0.2) is 0 Å². The third kappa shape index (κ3) is 6.32. The average Bonchev–Trinajstić information content (AvgIpc) is 1.87. The van der Waals surface area contributed by atoms with E-state index < -0.39 is 0 Å². The van der Waals surface area contributed by atoms with Gasteiger partial charge in [-0.1, -0.05) is 6.92 Å². The topological polar surface area (TPSA) is 35.2 Å². The lowest BCUT2D eigenvalue weighted by Crippen LogP contribution is -2.26. The van der Waals surface area contributed by atoms with Crippen LogP contribution in [0, 0.1) is 0 Å². The SMILES string of the molecule is CCC(C)(C)OCCC(C)N. The smallest absolute Gasteiger partial charge is 0.0623 e. The molecule has 0 radical (unpaired) electrons. The maximum Gasteiger partial charge on any atom is 0.0623 e. The minimum absolute atomic E-state index is 0.0227. The number of hydrogen-bond acceptors (Lipinski definition) is 2. The van der Waals surface area contributed by atoms with Crippen LogP contribution in [0.25, 0.3) is 0 Å². The fourth-order valence-corrected chi connectivity index (χ4v) is 0.623. The molecule has 2 N–H and O–H groups in total. The second kappa shape index (κ2) is 4.73. The van der Waals surface area contributed by atoms with Gasteiger partial charge >= 0.3 is 0 Å². The molecule has 0 rings (SSSR count). The summed E-state index contributed by atoms with van der Waals surface area (Å²) in [5.41, 5.74) is 5.61. The highest BCUT2D eigenvalue weighted by Gasteiger charge is 2.14. The summed E-state index contributed by atoms with van der Waals surface area (Å²) in [6, 6.07) is 0.252. The molecule has 0 aromatic rings. The molecule has 0 heterocycles. The first-order valence-electron chi connectivity index (χ1n) is 4.37. The second-order valence-corrected chi connectivity index (χ2v) is 3.73. The van der Waals surface area contributed by atoms with Gasteiger partial charge in [0.1, 0.15) is 0 Å². The Hall–Kier alpha value is -0.0800. The van der Waals surface area contributed by atoms with Crippen molar-refractivity contribution in [3.63, 3.8) is 0 Å². The van der Waals surface area contributed by atoms with E-state index in [-0.39, 0.29) is 11.6 Å². The van der Waals surface area contributed by atoms with Crippen LogP contribution in [0.1, 0.15) is 40.5 Å². The Balaban J connectivity index is 3.38. The maximum atomic E-state index is 5.61. The van der Waals surface area contributed by atoms with E-state index in [1.54, 1.807) is 0 Å². The lowest BCUT2D eigenvalue weighted by Gasteiger charge is -2.23. The van der Waals surface area contributed by atoms with Crippen molar-refractivity contribution in [2.45, 2.75) is 52.2 Å². The van der Waals surface area contributed by atoms with Crippen LogP contribution >= 0.6 is 0 Å². The molecular formula is C9H21NO. The molecule has 11 heavy (non-hydrogen) atoms. The largest absolute Gasteiger partial charge is 0.376 e. The van der Waals surface area contributed by atoms with Crippen LogP contribution in [0.3, 0.4) is 0 Å². The van der Waals surface area contributed by atoms with E-state index in [1.165, 1.54) is 0 Å². The lowest BCUT2D eigenvalue weighted by atomic mass is 10.1. The van der Waals surface area contributed by atoms with E-state index in [9.17, 15) is 0 Å². The molecule has 0 aromatic heterocycles. The van der Waals surface area contributed by atoms with Gasteiger partial charge in [-0.15, -0.1) is 0 Å². The predicted molar refractivity (Wildman–Crippen MR) is 48.6 cm³/mol. The normalized spacial score (nSPS) is 15.0. The van der Waals surface area contributed by atoms with Crippen molar-refractivity contribution < 1.29 is 4.74 Å². The van der Waals surface area contributed by atoms with E-state index in [0.717, 1.165) is 19.4 Å². The molecule has 1 unspecified atom stereocenters. The molecule has 0 saturated carbocycles. The monoisotopic (exact) mass is 159 g/mol. The first kappa shape index (κ1) is 10.9. The van der Waals surface area contributed by atoms with Gasteiger partial charge < -0.3 is 10.5 Å². The molecule has 2 heteroatoms. The molecule has 0 aliphatic rings. The van der Waals surface area contributed by atoms with Crippen LogP contribution in [-0.2, 0) is 4.74 Å². The van der Waals surface area contributed by atoms with Gasteiger partial charge in [-0.3, -0.25) is 0 Å². The molecule has 0 fully saturated rings. The molecule has 1 atom stereocenters. The zero-order valence-corrected chi connectivity index (χ0v) is 8.18. The van der Waals surface area contributed by atoms with Gasteiger partial charge in [0.2, 0.25) is 0 Å². The van der Waals surface area contributed by atoms with Crippen molar-refractivity contribution in [2.75, 3.05) is 6.61 Å². The Labute approximate surface area is 70.1 Å². The second-order valence-electron chi connectivity index (χ2n) is 3.73. The summed E-state index contributed by atoms with van der Waals surface area (Å²) in [4.78, 5) is 0. The summed E-state index contributed by atoms with van der Waals surface area (Å²) >= 11 is 0. The number of ether oxygens (including phenoxy) is 1. The van der Waals surface area contributed by atoms with Gasteiger partial charge in [-0.25, -0.2) is 0 Å². The Kier molecular flexibility index (Phi) is 4.69. The minimum atomic E-state index is 0.0227. The zero-order chi connectivity index (χ0) is 8.91. The third-order valence-electron chi connectivity index (χ3n) is 1.92. The summed E-state index contributed by atoms with van der Waals surface area (Å²) in [6.45, 7) is 9.12. The van der Waals surface area contributed by atoms with Crippen LogP contribution in [0.5, 0.6) is 0 Å². The molecule has 0 aliphatic heterocycles. The van der Waals surface area contributed by atoms with Gasteiger partial charge in [-0.05, 0) is 33.6 Å². The Morgan fingerprint density at radius 1 is 1.45 bits per heavy atom. The van der Waals surface area contributed by atoms with E-state index in [4.69, 9.17) is 10.5 Å². The van der Waals surface area contributed by atoms with E-state index >= 15 is 0 Å². The quantitative estimate of drug-likeness (QED) is 0.665. The first-order valence-corrected chi connectivity index (χ1v) is 4.37. The molecular weight excluding hydrogens is 138 g/mol. The van der Waals surface area contributed by atoms with E-state index in [2.05, 4.69) is 20.8 Å². The van der Waals surface area contributed by atoms with Gasteiger partial charge in [0.05, 0.1) is 5.60 Å². The molecule has 0 amide bonds. The lowest BCUT2D eigenvalue weighted by molar-refractivity contribution is -0.0223. The van der Waals surface area contributed by atoms with Crippen LogP contribution in [-0.4, -0.2) is 18.2 Å². The standard InChI is InChI=1S/C9H21NO/c1-5-9(3,4)11-7-6-8(2)10/h8H,5-7,10H2,1-4H3. The fourth-order valence-electron chi connectivity index (χ4n) is 0.623. The third-order valence-corrected chi connectivity index (χ3v) is 1.92. The first-order chi connectivity index (χ1) is 4.98. The number of nitrogens with two attached hydrogens (primary N) is 1. The molecule has 2 nitrogen and oxygen atoms in total. The van der Waals surface area contributed by atoms with Gasteiger partial charge in [0.15, 0.2) is 0 Å². The van der Waals surface area contributed by atoms with Crippen molar-refractivity contribution in [1.29, 1.82) is 0 Å². The fraction of sp³-hybridized carbons (Fsp3) is 1.00. The van der Waals surface area contributed by atoms with Crippen molar-refractivity contribution in [1.82, 2.24) is 0 Å². The van der Waals surface area contributed by atoms with Gasteiger partial charge in [-0.2, -0.15) is 0 Å². The van der Waals surface area contributed by atoms with Gasteiger partial charge in [0.25, 0.3) is 0 Å². The van der Waals surface area contributed by atoms with Crippen LogP contribution in [0.4, 0.5) is 0 Å². The summed E-state index contributed by atoms with van der Waals surface area (Å²) in [7, 11) is 0. The van der Waals surface area contributed by atoms with Crippen molar-refractivity contribution >= 4 is 0 Å². The Morgan fingerprint density at radius 2 is 2.00 bits per heavy atom. The number of hydrogen-bond donors (Lipinski definition) is 1. The Morgan fingerprint density at radius 3 is 2.36 bits per heavy atom. The van der Waals surface area contributed by atoms with Gasteiger partial charge in [0, 0.05) is 12.6 Å². The van der Waals surface area contributed by atoms with E-state index in [0.29, 0.717) is 0 Å². The Bertz CT molecular complexity index is 99.7. The van der Waals surface area contributed by atoms with Crippen molar-refractivity contribution in [2.24, 2.45) is 5.73 Å². The average molecular weight is 159 g/mol. The molecule has 0 saturated heterocycles. The summed E-state index contributed by atoms with van der Waals surface area (Å²) in [5.74, 6) is 0. The molecule has 68 valence electrons. The van der Waals surface area contributed by atoms with Crippen LogP contribution in [0.2, 0.25) is 0 Å². The molecule has 0 aromatic carbocycles. The summed E-state index contributed by atoms with van der Waals surface area (Å²) < 4.78 is 5.61.